The van der Waals surface area contributed by atoms with Gasteiger partial charge in [0.15, 0.2) is 0 Å². The molecule has 2 fully saturated rings. The van der Waals surface area contributed by atoms with Crippen LogP contribution in [0, 0.1) is 11.7 Å². The third-order valence-corrected chi connectivity index (χ3v) is 5.05. The smallest absolute Gasteiger partial charge is 0.257 e. The van der Waals surface area contributed by atoms with Crippen molar-refractivity contribution in [2.75, 3.05) is 0 Å². The highest BCUT2D eigenvalue weighted by Crippen LogP contribution is 2.40. The van der Waals surface area contributed by atoms with Crippen LogP contribution in [0.25, 0.3) is 0 Å². The summed E-state index contributed by atoms with van der Waals surface area (Å²) in [6.45, 7) is 0. The SMILES string of the molecule is NC(=O)[C@@H]1C[C@@H]2CCCC[C@H]2N1C(=O)c1ccc(Cl)cc1F. The second-order valence-corrected chi connectivity index (χ2v) is 6.54. The molecule has 4 nitrogen and oxygen atoms in total. The van der Waals surface area contributed by atoms with Gasteiger partial charge in [-0.05, 0) is 43.4 Å². The number of carbonyl (C=O) groups is 2. The second kappa shape index (κ2) is 5.88. The predicted octanol–water partition coefficient (Wildman–Crippen LogP) is 2.74. The lowest BCUT2D eigenvalue weighted by molar-refractivity contribution is -0.122. The molecular weight excluding hydrogens is 307 g/mol. The molecule has 1 saturated carbocycles. The van der Waals surface area contributed by atoms with Crippen LogP contribution < -0.4 is 5.73 Å². The maximum Gasteiger partial charge on any atom is 0.257 e. The highest BCUT2D eigenvalue weighted by Gasteiger charge is 2.47. The fourth-order valence-corrected chi connectivity index (χ4v) is 3.97. The standard InChI is InChI=1S/C16H18ClFN2O2/c17-10-5-6-11(12(18)8-10)16(22)20-13-4-2-1-3-9(13)7-14(20)15(19)21/h5-6,8-9,13-14H,1-4,7H2,(H2,19,21)/t9-,13+,14-/m0/s1. The van der Waals surface area contributed by atoms with E-state index >= 15 is 0 Å². The van der Waals surface area contributed by atoms with Gasteiger partial charge in [-0.15, -0.1) is 0 Å². The van der Waals surface area contributed by atoms with Gasteiger partial charge in [0, 0.05) is 11.1 Å². The summed E-state index contributed by atoms with van der Waals surface area (Å²) < 4.78 is 14.1. The van der Waals surface area contributed by atoms with Crippen LogP contribution in [-0.4, -0.2) is 28.8 Å². The van der Waals surface area contributed by atoms with Crippen molar-refractivity contribution < 1.29 is 14.0 Å². The number of nitrogens with zero attached hydrogens (tertiary/aromatic N) is 1. The van der Waals surface area contributed by atoms with Gasteiger partial charge < -0.3 is 10.6 Å². The first kappa shape index (κ1) is 15.3. The molecule has 3 atom stereocenters. The van der Waals surface area contributed by atoms with Gasteiger partial charge in [-0.3, -0.25) is 9.59 Å². The van der Waals surface area contributed by atoms with Crippen LogP contribution in [0.15, 0.2) is 18.2 Å². The van der Waals surface area contributed by atoms with Gasteiger partial charge in [0.05, 0.1) is 5.56 Å². The summed E-state index contributed by atoms with van der Waals surface area (Å²) in [4.78, 5) is 26.0. The van der Waals surface area contributed by atoms with Crippen LogP contribution in [0.2, 0.25) is 5.02 Å². The molecule has 2 aliphatic rings. The summed E-state index contributed by atoms with van der Waals surface area (Å²) in [5.74, 6) is -1.37. The van der Waals surface area contributed by atoms with Crippen molar-refractivity contribution in [2.24, 2.45) is 11.7 Å². The van der Waals surface area contributed by atoms with Crippen molar-refractivity contribution in [2.45, 2.75) is 44.2 Å². The Hall–Kier alpha value is -1.62. The van der Waals surface area contributed by atoms with Gasteiger partial charge in [-0.1, -0.05) is 24.4 Å². The molecule has 0 aromatic heterocycles. The van der Waals surface area contributed by atoms with Crippen molar-refractivity contribution >= 4 is 23.4 Å². The first-order valence-corrected chi connectivity index (χ1v) is 7.94. The van der Waals surface area contributed by atoms with E-state index in [9.17, 15) is 14.0 Å². The van der Waals surface area contributed by atoms with E-state index in [1.807, 2.05) is 0 Å². The monoisotopic (exact) mass is 324 g/mol. The Bertz CT molecular complexity index is 622. The molecule has 0 unspecified atom stereocenters. The molecular formula is C16H18ClFN2O2. The van der Waals surface area contributed by atoms with Crippen LogP contribution in [0.4, 0.5) is 4.39 Å². The largest absolute Gasteiger partial charge is 0.368 e. The molecule has 0 spiro atoms. The van der Waals surface area contributed by atoms with E-state index in [4.69, 9.17) is 17.3 Å². The Morgan fingerprint density at radius 1 is 1.27 bits per heavy atom. The Kier molecular flexibility index (Phi) is 4.08. The van der Waals surface area contributed by atoms with Crippen molar-refractivity contribution in [1.82, 2.24) is 4.90 Å². The molecule has 2 N–H and O–H groups in total. The maximum atomic E-state index is 14.1. The quantitative estimate of drug-likeness (QED) is 0.909. The lowest BCUT2D eigenvalue weighted by Gasteiger charge is -2.33. The van der Waals surface area contributed by atoms with Crippen molar-refractivity contribution in [3.63, 3.8) is 0 Å². The number of nitrogens with two attached hydrogens (primary N) is 1. The van der Waals surface area contributed by atoms with Crippen LogP contribution in [0.5, 0.6) is 0 Å². The minimum absolute atomic E-state index is 0.0196. The molecule has 22 heavy (non-hydrogen) atoms. The van der Waals surface area contributed by atoms with Crippen LogP contribution in [0.3, 0.4) is 0 Å². The Labute approximate surface area is 133 Å². The average molecular weight is 325 g/mol. The lowest BCUT2D eigenvalue weighted by atomic mass is 9.84. The lowest BCUT2D eigenvalue weighted by Crippen LogP contribution is -2.48. The number of amides is 2. The van der Waals surface area contributed by atoms with Gasteiger partial charge in [-0.2, -0.15) is 0 Å². The fourth-order valence-electron chi connectivity index (χ4n) is 3.81. The summed E-state index contributed by atoms with van der Waals surface area (Å²) >= 11 is 5.73. The number of benzene rings is 1. The molecule has 1 aromatic carbocycles. The first-order valence-electron chi connectivity index (χ1n) is 7.56. The molecule has 1 heterocycles. The van der Waals surface area contributed by atoms with Crippen molar-refractivity contribution in [3.05, 3.63) is 34.6 Å². The van der Waals surface area contributed by atoms with Gasteiger partial charge in [-0.25, -0.2) is 4.39 Å². The molecule has 1 aliphatic heterocycles. The number of carbonyl (C=O) groups excluding carboxylic acids is 2. The van der Waals surface area contributed by atoms with Gasteiger partial charge in [0.25, 0.3) is 5.91 Å². The van der Waals surface area contributed by atoms with E-state index in [1.54, 1.807) is 0 Å². The highest BCUT2D eigenvalue weighted by atomic mass is 35.5. The number of hydrogen-bond donors (Lipinski definition) is 1. The van der Waals surface area contributed by atoms with E-state index in [-0.39, 0.29) is 22.5 Å². The van der Waals surface area contributed by atoms with Crippen molar-refractivity contribution in [3.8, 4) is 0 Å². The molecule has 1 saturated heterocycles. The molecule has 2 amide bonds. The van der Waals surface area contributed by atoms with E-state index < -0.39 is 23.7 Å². The molecule has 118 valence electrons. The van der Waals surface area contributed by atoms with Gasteiger partial charge >= 0.3 is 0 Å². The fraction of sp³-hybridized carbons (Fsp3) is 0.500. The van der Waals surface area contributed by atoms with E-state index in [2.05, 4.69) is 0 Å². The first-order chi connectivity index (χ1) is 10.5. The zero-order chi connectivity index (χ0) is 15.9. The summed E-state index contributed by atoms with van der Waals surface area (Å²) in [6.07, 6.45) is 4.53. The van der Waals surface area contributed by atoms with Crippen LogP contribution >= 0.6 is 11.6 Å². The Balaban J connectivity index is 1.95. The number of rotatable bonds is 2. The third kappa shape index (κ3) is 2.58. The molecule has 6 heteroatoms. The molecule has 1 aliphatic carbocycles. The molecule has 1 aromatic rings. The van der Waals surface area contributed by atoms with E-state index in [1.165, 1.54) is 17.0 Å². The summed E-state index contributed by atoms with van der Waals surface area (Å²) in [7, 11) is 0. The Morgan fingerprint density at radius 3 is 2.68 bits per heavy atom. The second-order valence-electron chi connectivity index (χ2n) is 6.10. The summed E-state index contributed by atoms with van der Waals surface area (Å²) in [5, 5.41) is 0.234. The zero-order valence-electron chi connectivity index (χ0n) is 12.1. The summed E-state index contributed by atoms with van der Waals surface area (Å²) in [6, 6.07) is 3.30. The molecule has 0 radical (unpaired) electrons. The normalized spacial score (nSPS) is 27.5. The number of hydrogen-bond acceptors (Lipinski definition) is 2. The molecule has 0 bridgehead atoms. The minimum atomic E-state index is -0.667. The Morgan fingerprint density at radius 2 is 2.00 bits per heavy atom. The van der Waals surface area contributed by atoms with Crippen LogP contribution in [-0.2, 0) is 4.79 Å². The summed E-state index contributed by atoms with van der Waals surface area (Å²) in [5.41, 5.74) is 5.42. The zero-order valence-corrected chi connectivity index (χ0v) is 12.9. The van der Waals surface area contributed by atoms with E-state index in [0.717, 1.165) is 31.7 Å². The third-order valence-electron chi connectivity index (χ3n) is 4.81. The minimum Gasteiger partial charge on any atom is -0.368 e. The van der Waals surface area contributed by atoms with Gasteiger partial charge in [0.1, 0.15) is 11.9 Å². The number of halogens is 2. The topological polar surface area (TPSA) is 63.4 Å². The predicted molar refractivity (Wildman–Crippen MR) is 80.9 cm³/mol. The van der Waals surface area contributed by atoms with E-state index in [0.29, 0.717) is 6.42 Å². The average Bonchev–Trinajstić information content (AvgIpc) is 2.86. The van der Waals surface area contributed by atoms with Crippen molar-refractivity contribution in [1.29, 1.82) is 0 Å². The number of primary amides is 1. The molecule has 3 rings (SSSR count). The van der Waals surface area contributed by atoms with Crippen LogP contribution in [0.1, 0.15) is 42.5 Å². The number of fused-ring (bicyclic) bond motifs is 1. The maximum absolute atomic E-state index is 14.1. The highest BCUT2D eigenvalue weighted by molar-refractivity contribution is 6.30. The number of likely N-dealkylation sites (tertiary alicyclic amines) is 1. The van der Waals surface area contributed by atoms with Gasteiger partial charge in [0.2, 0.25) is 5.91 Å².